The van der Waals surface area contributed by atoms with E-state index in [0.29, 0.717) is 18.1 Å². The highest BCUT2D eigenvalue weighted by molar-refractivity contribution is 7.91. The highest BCUT2D eigenvalue weighted by Gasteiger charge is 2.30. The van der Waals surface area contributed by atoms with E-state index in [4.69, 9.17) is 0 Å². The van der Waals surface area contributed by atoms with Crippen LogP contribution in [0.1, 0.15) is 28.3 Å². The zero-order chi connectivity index (χ0) is 18.3. The Morgan fingerprint density at radius 3 is 2.85 bits per heavy atom. The molecule has 2 aromatic rings. The standard InChI is InChI=1S/C18H20N4O3S/c1-12-19-15(18(23)21-14-7-9-26(24,25)11-14)10-17(20-12)22-8-6-13-4-2-3-5-16(13)22/h2-5,10,14H,6-9,11H2,1H3,(H,21,23). The molecule has 0 bridgehead atoms. The molecule has 2 aliphatic heterocycles. The van der Waals surface area contributed by atoms with E-state index in [1.807, 2.05) is 18.2 Å². The monoisotopic (exact) mass is 372 g/mol. The Kier molecular flexibility index (Phi) is 4.14. The molecule has 8 heteroatoms. The van der Waals surface area contributed by atoms with Crippen LogP contribution in [0, 0.1) is 6.92 Å². The number of para-hydroxylation sites is 1. The lowest BCUT2D eigenvalue weighted by atomic mass is 10.2. The second-order valence-corrected chi connectivity index (χ2v) is 8.99. The van der Waals surface area contributed by atoms with Crippen molar-refractivity contribution >= 4 is 27.2 Å². The molecule has 3 heterocycles. The molecule has 1 amide bonds. The number of sulfone groups is 1. The van der Waals surface area contributed by atoms with Crippen LogP contribution in [0.25, 0.3) is 0 Å². The summed E-state index contributed by atoms with van der Waals surface area (Å²) >= 11 is 0. The summed E-state index contributed by atoms with van der Waals surface area (Å²) in [6.45, 7) is 2.56. The SMILES string of the molecule is Cc1nc(C(=O)NC2CCS(=O)(=O)C2)cc(N2CCc3ccccc32)n1. The van der Waals surface area contributed by atoms with Gasteiger partial charge in [-0.1, -0.05) is 18.2 Å². The third-order valence-corrected chi connectivity index (χ3v) is 6.56. The molecule has 0 spiro atoms. The first kappa shape index (κ1) is 17.0. The van der Waals surface area contributed by atoms with Crippen LogP contribution in [-0.4, -0.2) is 48.4 Å². The van der Waals surface area contributed by atoms with Crippen molar-refractivity contribution in [3.8, 4) is 0 Å². The molecule has 0 saturated carbocycles. The van der Waals surface area contributed by atoms with E-state index in [0.717, 1.165) is 18.7 Å². The van der Waals surface area contributed by atoms with Gasteiger partial charge < -0.3 is 10.2 Å². The number of fused-ring (bicyclic) bond motifs is 1. The van der Waals surface area contributed by atoms with Gasteiger partial charge in [-0.05, 0) is 31.4 Å². The number of nitrogens with one attached hydrogen (secondary N) is 1. The van der Waals surface area contributed by atoms with Crippen LogP contribution in [-0.2, 0) is 16.3 Å². The summed E-state index contributed by atoms with van der Waals surface area (Å²) in [5.74, 6) is 0.959. The molecular formula is C18H20N4O3S. The molecule has 7 nitrogen and oxygen atoms in total. The number of aromatic nitrogens is 2. The lowest BCUT2D eigenvalue weighted by molar-refractivity contribution is 0.0935. The summed E-state index contributed by atoms with van der Waals surface area (Å²) in [5, 5.41) is 2.79. The summed E-state index contributed by atoms with van der Waals surface area (Å²) in [4.78, 5) is 23.4. The lowest BCUT2D eigenvalue weighted by Crippen LogP contribution is -2.36. The van der Waals surface area contributed by atoms with Crippen molar-refractivity contribution in [2.75, 3.05) is 23.0 Å². The lowest BCUT2D eigenvalue weighted by Gasteiger charge is -2.19. The van der Waals surface area contributed by atoms with E-state index in [-0.39, 0.29) is 29.1 Å². The molecule has 1 fully saturated rings. The van der Waals surface area contributed by atoms with Gasteiger partial charge in [-0.25, -0.2) is 18.4 Å². The molecule has 4 rings (SSSR count). The molecular weight excluding hydrogens is 352 g/mol. The molecule has 0 aliphatic carbocycles. The molecule has 1 aromatic heterocycles. The van der Waals surface area contributed by atoms with E-state index in [1.165, 1.54) is 5.56 Å². The fourth-order valence-electron chi connectivity index (χ4n) is 3.55. The Morgan fingerprint density at radius 2 is 2.08 bits per heavy atom. The normalized spacial score (nSPS) is 20.8. The number of hydrogen-bond acceptors (Lipinski definition) is 6. The predicted octanol–water partition coefficient (Wildman–Crippen LogP) is 1.40. The summed E-state index contributed by atoms with van der Waals surface area (Å²) in [6, 6.07) is 9.47. The molecule has 1 N–H and O–H groups in total. The number of hydrogen-bond donors (Lipinski definition) is 1. The van der Waals surface area contributed by atoms with Crippen molar-refractivity contribution in [3.05, 3.63) is 47.4 Å². The van der Waals surface area contributed by atoms with E-state index in [9.17, 15) is 13.2 Å². The van der Waals surface area contributed by atoms with Crippen LogP contribution in [0.15, 0.2) is 30.3 Å². The maximum Gasteiger partial charge on any atom is 0.270 e. The Bertz CT molecular complexity index is 974. The van der Waals surface area contributed by atoms with E-state index in [1.54, 1.807) is 13.0 Å². The maximum absolute atomic E-state index is 12.6. The smallest absolute Gasteiger partial charge is 0.270 e. The minimum atomic E-state index is -3.04. The Balaban J connectivity index is 1.58. The Labute approximate surface area is 152 Å². The molecule has 1 aromatic carbocycles. The van der Waals surface area contributed by atoms with Crippen molar-refractivity contribution in [2.24, 2.45) is 0 Å². The zero-order valence-electron chi connectivity index (χ0n) is 14.5. The van der Waals surface area contributed by atoms with Gasteiger partial charge in [0.1, 0.15) is 17.3 Å². The van der Waals surface area contributed by atoms with Gasteiger partial charge >= 0.3 is 0 Å². The van der Waals surface area contributed by atoms with Crippen LogP contribution in [0.5, 0.6) is 0 Å². The van der Waals surface area contributed by atoms with E-state index < -0.39 is 9.84 Å². The second-order valence-electron chi connectivity index (χ2n) is 6.76. The highest BCUT2D eigenvalue weighted by atomic mass is 32.2. The third kappa shape index (κ3) is 3.29. The number of rotatable bonds is 3. The number of nitrogens with zero attached hydrogens (tertiary/aromatic N) is 3. The number of benzene rings is 1. The number of carbonyl (C=O) groups excluding carboxylic acids is 1. The largest absolute Gasteiger partial charge is 0.347 e. The first-order chi connectivity index (χ1) is 12.4. The minimum absolute atomic E-state index is 0.00480. The quantitative estimate of drug-likeness (QED) is 0.875. The van der Waals surface area contributed by atoms with Gasteiger partial charge in [0, 0.05) is 24.3 Å². The summed E-state index contributed by atoms with van der Waals surface area (Å²) in [7, 11) is -3.04. The zero-order valence-corrected chi connectivity index (χ0v) is 15.3. The van der Waals surface area contributed by atoms with Crippen molar-refractivity contribution in [1.82, 2.24) is 15.3 Å². The summed E-state index contributed by atoms with van der Waals surface area (Å²) < 4.78 is 23.1. The fourth-order valence-corrected chi connectivity index (χ4v) is 5.22. The average molecular weight is 372 g/mol. The first-order valence-electron chi connectivity index (χ1n) is 8.64. The molecule has 1 atom stereocenters. The molecule has 2 aliphatic rings. The number of carbonyl (C=O) groups is 1. The van der Waals surface area contributed by atoms with Crippen molar-refractivity contribution in [3.63, 3.8) is 0 Å². The van der Waals surface area contributed by atoms with Crippen LogP contribution < -0.4 is 10.2 Å². The summed E-state index contributed by atoms with van der Waals surface area (Å²) in [6.07, 6.45) is 1.38. The highest BCUT2D eigenvalue weighted by Crippen LogP contribution is 2.33. The van der Waals surface area contributed by atoms with Crippen LogP contribution >= 0.6 is 0 Å². The van der Waals surface area contributed by atoms with Gasteiger partial charge in [-0.2, -0.15) is 0 Å². The van der Waals surface area contributed by atoms with Crippen LogP contribution in [0.3, 0.4) is 0 Å². The second kappa shape index (κ2) is 6.35. The summed E-state index contributed by atoms with van der Waals surface area (Å²) in [5.41, 5.74) is 2.62. The Morgan fingerprint density at radius 1 is 1.27 bits per heavy atom. The molecule has 0 radical (unpaired) electrons. The topological polar surface area (TPSA) is 92.3 Å². The number of aryl methyl sites for hydroxylation is 1. The van der Waals surface area contributed by atoms with Gasteiger partial charge in [0.2, 0.25) is 0 Å². The van der Waals surface area contributed by atoms with Crippen LogP contribution in [0.4, 0.5) is 11.5 Å². The minimum Gasteiger partial charge on any atom is -0.347 e. The van der Waals surface area contributed by atoms with E-state index >= 15 is 0 Å². The Hall–Kier alpha value is -2.48. The first-order valence-corrected chi connectivity index (χ1v) is 10.5. The molecule has 26 heavy (non-hydrogen) atoms. The van der Waals surface area contributed by atoms with Gasteiger partial charge in [0.05, 0.1) is 11.5 Å². The molecule has 136 valence electrons. The average Bonchev–Trinajstić information content (AvgIpc) is 3.17. The van der Waals surface area contributed by atoms with Gasteiger partial charge in [-0.3, -0.25) is 4.79 Å². The van der Waals surface area contributed by atoms with Gasteiger partial charge in [0.15, 0.2) is 9.84 Å². The van der Waals surface area contributed by atoms with Gasteiger partial charge in [-0.15, -0.1) is 0 Å². The van der Waals surface area contributed by atoms with Crippen molar-refractivity contribution in [2.45, 2.75) is 25.8 Å². The predicted molar refractivity (Wildman–Crippen MR) is 98.4 cm³/mol. The van der Waals surface area contributed by atoms with Crippen molar-refractivity contribution in [1.29, 1.82) is 0 Å². The van der Waals surface area contributed by atoms with Gasteiger partial charge in [0.25, 0.3) is 5.91 Å². The van der Waals surface area contributed by atoms with Crippen LogP contribution in [0.2, 0.25) is 0 Å². The van der Waals surface area contributed by atoms with E-state index in [2.05, 4.69) is 26.3 Å². The van der Waals surface area contributed by atoms with Crippen molar-refractivity contribution < 1.29 is 13.2 Å². The molecule has 1 unspecified atom stereocenters. The number of amides is 1. The third-order valence-electron chi connectivity index (χ3n) is 4.79. The molecule has 1 saturated heterocycles. The maximum atomic E-state index is 12.6. The fraction of sp³-hybridized carbons (Fsp3) is 0.389. The number of anilines is 2.